The highest BCUT2D eigenvalue weighted by molar-refractivity contribution is 8.77. The van der Waals surface area contributed by atoms with Crippen LogP contribution < -0.4 is 0 Å². The minimum atomic E-state index is 0.254. The summed E-state index contributed by atoms with van der Waals surface area (Å²) in [6.45, 7) is 10.6. The molecule has 22 heavy (non-hydrogen) atoms. The van der Waals surface area contributed by atoms with Crippen LogP contribution in [0.15, 0.2) is 14.6 Å². The number of rotatable bonds is 0. The molecule has 0 aliphatic carbocycles. The van der Waals surface area contributed by atoms with Gasteiger partial charge in [0, 0.05) is 54.4 Å². The monoisotopic (exact) mass is 361 g/mol. The number of hydrogen-bond acceptors (Lipinski definition) is 8. The molecule has 0 N–H and O–H groups in total. The van der Waals surface area contributed by atoms with Crippen molar-refractivity contribution in [2.45, 2.75) is 46.6 Å². The third-order valence-electron chi connectivity index (χ3n) is 3.17. The normalized spacial score (nSPS) is 22.2. The second-order valence-electron chi connectivity index (χ2n) is 6.08. The number of hydrogen-bond donors (Lipinski definition) is 0. The molecule has 5 nitrogen and oxygen atoms in total. The number of hydrazone groups is 2. The molecule has 3 aliphatic heterocycles. The fraction of sp³-hybridized carbons (Fsp3) is 0.786. The van der Waals surface area contributed by atoms with E-state index < -0.39 is 0 Å². The third kappa shape index (κ3) is 7.28. The predicted octanol–water partition coefficient (Wildman–Crippen LogP) is 4.19. The summed E-state index contributed by atoms with van der Waals surface area (Å²) in [5.74, 6) is 2.18. The molecule has 0 saturated heterocycles. The molecule has 3 aliphatic rings. The van der Waals surface area contributed by atoms with E-state index in [4.69, 9.17) is 0 Å². The maximum Gasteiger partial charge on any atom is 0.0572 e. The molecule has 0 fully saturated rings. The molecular weight excluding hydrogens is 334 g/mol. The van der Waals surface area contributed by atoms with Gasteiger partial charge in [0.25, 0.3) is 0 Å². The fourth-order valence-electron chi connectivity index (χ4n) is 1.88. The van der Waals surface area contributed by atoms with E-state index in [1.54, 1.807) is 33.7 Å². The first-order valence-electron chi connectivity index (χ1n) is 7.21. The van der Waals surface area contributed by atoms with E-state index in [1.165, 1.54) is 17.1 Å². The van der Waals surface area contributed by atoms with Crippen LogP contribution in [0.4, 0.5) is 0 Å². The van der Waals surface area contributed by atoms with E-state index in [0.29, 0.717) is 0 Å². The van der Waals surface area contributed by atoms with Crippen molar-refractivity contribution < 1.29 is 0 Å². The van der Waals surface area contributed by atoms with Crippen molar-refractivity contribution in [1.82, 2.24) is 9.42 Å². The van der Waals surface area contributed by atoms with Crippen molar-refractivity contribution in [3.63, 3.8) is 0 Å². The van der Waals surface area contributed by atoms with Gasteiger partial charge in [0.05, 0.1) is 11.3 Å². The van der Waals surface area contributed by atoms with Gasteiger partial charge in [-0.05, 0) is 46.6 Å². The van der Waals surface area contributed by atoms with Crippen LogP contribution in [0.2, 0.25) is 0 Å². The summed E-state index contributed by atoms with van der Waals surface area (Å²) in [5, 5.41) is 10.4. The topological polar surface area (TPSA) is 43.6 Å². The zero-order valence-electron chi connectivity index (χ0n) is 14.6. The van der Waals surface area contributed by atoms with E-state index in [0.717, 1.165) is 17.9 Å². The van der Waals surface area contributed by atoms with Crippen LogP contribution in [-0.2, 0) is 0 Å². The number of nitrogens with zero attached hydrogens (tertiary/aromatic N) is 5. The van der Waals surface area contributed by atoms with Crippen LogP contribution in [0.3, 0.4) is 0 Å². The zero-order valence-corrected chi connectivity index (χ0v) is 17.0. The molecule has 0 spiro atoms. The van der Waals surface area contributed by atoms with Crippen molar-refractivity contribution in [2.75, 3.05) is 25.6 Å². The molecule has 0 unspecified atom stereocenters. The summed E-state index contributed by atoms with van der Waals surface area (Å²) >= 11 is 1.73. The first kappa shape index (κ1) is 19.7. The van der Waals surface area contributed by atoms with E-state index >= 15 is 0 Å². The standard InChI is InChI=1S/C7H14N2.C4H8N2S.C3H5NS2/c1-6-5-7(2,3)9(4)8-6;1-4-3-7-6(2)5-4;1-3-2-5-6-4-3/h5H2,1-4H3;3H2,1-2H3;2H2,1H3. The van der Waals surface area contributed by atoms with E-state index in [2.05, 4.69) is 35.4 Å². The summed E-state index contributed by atoms with van der Waals surface area (Å²) < 4.78 is 5.92. The molecule has 0 aromatic rings. The van der Waals surface area contributed by atoms with Gasteiger partial charge in [-0.25, -0.2) is 8.81 Å². The Hall–Kier alpha value is -0.340. The summed E-state index contributed by atoms with van der Waals surface area (Å²) in [4.78, 5) is 0. The van der Waals surface area contributed by atoms with Gasteiger partial charge in [0.1, 0.15) is 0 Å². The van der Waals surface area contributed by atoms with Crippen molar-refractivity contribution >= 4 is 50.9 Å². The van der Waals surface area contributed by atoms with Crippen LogP contribution in [0.5, 0.6) is 0 Å². The Morgan fingerprint density at radius 3 is 1.77 bits per heavy atom. The Balaban J connectivity index is 0.000000169. The van der Waals surface area contributed by atoms with Crippen molar-refractivity contribution in [3.05, 3.63) is 0 Å². The Labute approximate surface area is 147 Å². The van der Waals surface area contributed by atoms with Crippen LogP contribution >= 0.6 is 33.7 Å². The molecular formula is C14H27N5S3. The second-order valence-corrected chi connectivity index (χ2v) is 9.17. The minimum Gasteiger partial charge on any atom is -0.294 e. The SMILES string of the molecule is CC1=NN(C)C(C)(C)C1.CC1=NN(C)SC1.CC1=NSSC1. The van der Waals surface area contributed by atoms with Gasteiger partial charge in [-0.2, -0.15) is 10.2 Å². The quantitative estimate of drug-likeness (QED) is 0.478. The Kier molecular flexibility index (Phi) is 8.13. The highest BCUT2D eigenvalue weighted by atomic mass is 33.1. The second kappa shape index (κ2) is 9.08. The van der Waals surface area contributed by atoms with Gasteiger partial charge in [-0.15, -0.1) is 0 Å². The maximum atomic E-state index is 4.29. The Bertz CT molecular complexity index is 459. The lowest BCUT2D eigenvalue weighted by Crippen LogP contribution is -2.32. The Morgan fingerprint density at radius 2 is 1.64 bits per heavy atom. The first-order valence-corrected chi connectivity index (χ1v) is 10.4. The predicted molar refractivity (Wildman–Crippen MR) is 106 cm³/mol. The van der Waals surface area contributed by atoms with Crippen LogP contribution in [0, 0.1) is 0 Å². The molecule has 0 aromatic heterocycles. The summed E-state index contributed by atoms with van der Waals surface area (Å²) in [5.41, 5.74) is 3.96. The third-order valence-corrected chi connectivity index (χ3v) is 6.09. The van der Waals surface area contributed by atoms with Crippen molar-refractivity contribution in [1.29, 1.82) is 0 Å². The maximum absolute atomic E-state index is 4.29. The first-order chi connectivity index (χ1) is 10.2. The molecule has 0 aromatic carbocycles. The highest BCUT2D eigenvalue weighted by Gasteiger charge is 2.28. The van der Waals surface area contributed by atoms with Gasteiger partial charge >= 0.3 is 0 Å². The van der Waals surface area contributed by atoms with Crippen molar-refractivity contribution in [3.8, 4) is 0 Å². The van der Waals surface area contributed by atoms with E-state index in [1.807, 2.05) is 37.4 Å². The molecule has 3 heterocycles. The average Bonchev–Trinajstić information content (AvgIpc) is 3.06. The molecule has 0 bridgehead atoms. The van der Waals surface area contributed by atoms with Gasteiger partial charge in [0.2, 0.25) is 0 Å². The fourth-order valence-corrected chi connectivity index (χ4v) is 4.33. The van der Waals surface area contributed by atoms with Gasteiger partial charge in [-0.3, -0.25) is 5.01 Å². The molecule has 0 atom stereocenters. The van der Waals surface area contributed by atoms with E-state index in [-0.39, 0.29) is 5.54 Å². The van der Waals surface area contributed by atoms with Gasteiger partial charge in [-0.1, -0.05) is 10.8 Å². The molecule has 0 amide bonds. The molecule has 126 valence electrons. The Morgan fingerprint density at radius 1 is 0.955 bits per heavy atom. The average molecular weight is 362 g/mol. The lowest BCUT2D eigenvalue weighted by atomic mass is 10.00. The van der Waals surface area contributed by atoms with Crippen LogP contribution in [0.25, 0.3) is 0 Å². The summed E-state index contributed by atoms with van der Waals surface area (Å²) in [7, 11) is 7.37. The van der Waals surface area contributed by atoms with Gasteiger partial charge in [0.15, 0.2) is 0 Å². The van der Waals surface area contributed by atoms with Gasteiger partial charge < -0.3 is 0 Å². The van der Waals surface area contributed by atoms with Crippen LogP contribution in [0.1, 0.15) is 41.0 Å². The molecule has 0 saturated carbocycles. The highest BCUT2D eigenvalue weighted by Crippen LogP contribution is 2.28. The van der Waals surface area contributed by atoms with Crippen molar-refractivity contribution in [2.24, 2.45) is 14.6 Å². The summed E-state index contributed by atoms with van der Waals surface area (Å²) in [6.07, 6.45) is 1.10. The molecule has 8 heteroatoms. The largest absolute Gasteiger partial charge is 0.294 e. The lowest BCUT2D eigenvalue weighted by molar-refractivity contribution is 0.194. The van der Waals surface area contributed by atoms with E-state index in [9.17, 15) is 0 Å². The smallest absolute Gasteiger partial charge is 0.0572 e. The minimum absolute atomic E-state index is 0.254. The summed E-state index contributed by atoms with van der Waals surface area (Å²) in [6, 6.07) is 0. The van der Waals surface area contributed by atoms with Crippen LogP contribution in [-0.4, -0.2) is 57.7 Å². The molecule has 0 radical (unpaired) electrons. The lowest BCUT2D eigenvalue weighted by Gasteiger charge is -2.26. The molecule has 3 rings (SSSR count). The zero-order chi connectivity index (χ0) is 16.8.